The topological polar surface area (TPSA) is 95.0 Å². The predicted octanol–water partition coefficient (Wildman–Crippen LogP) is 5.98. The Balaban J connectivity index is 1.67. The van der Waals surface area contributed by atoms with Gasteiger partial charge in [-0.05, 0) is 62.8 Å². The Kier molecular flexibility index (Phi) is 8.19. The lowest BCUT2D eigenvalue weighted by Gasteiger charge is -2.48. The second-order valence-corrected chi connectivity index (χ2v) is 14.0. The van der Waals surface area contributed by atoms with Crippen molar-refractivity contribution >= 4 is 27.4 Å². The van der Waals surface area contributed by atoms with Crippen LogP contribution >= 0.6 is 0 Å². The quantitative estimate of drug-likeness (QED) is 0.382. The highest BCUT2D eigenvalue weighted by Gasteiger charge is 2.74. The highest BCUT2D eigenvalue weighted by atomic mass is 32.2. The summed E-state index contributed by atoms with van der Waals surface area (Å²) >= 11 is 0. The minimum atomic E-state index is -6.36. The molecule has 0 radical (unpaired) electrons. The second-order valence-electron chi connectivity index (χ2n) is 11.8. The molecule has 2 fully saturated rings. The number of fused-ring (bicyclic) bond motifs is 3. The summed E-state index contributed by atoms with van der Waals surface area (Å²) in [6.07, 6.45) is -11.9. The zero-order valence-corrected chi connectivity index (χ0v) is 24.9. The van der Waals surface area contributed by atoms with Gasteiger partial charge in [0.25, 0.3) is 0 Å². The molecule has 1 saturated heterocycles. The van der Waals surface area contributed by atoms with Crippen molar-refractivity contribution in [3.8, 4) is 0 Å². The molecule has 2 heterocycles. The number of alkyl halides is 7. The van der Waals surface area contributed by atoms with Gasteiger partial charge in [0.2, 0.25) is 5.91 Å². The third-order valence-electron chi connectivity index (χ3n) is 9.63. The minimum absolute atomic E-state index is 0.00249. The molecule has 1 saturated carbocycles. The molecule has 2 atom stereocenters. The van der Waals surface area contributed by atoms with Crippen LogP contribution in [0.15, 0.2) is 53.4 Å². The van der Waals surface area contributed by atoms with Gasteiger partial charge < -0.3 is 14.9 Å². The van der Waals surface area contributed by atoms with Crippen molar-refractivity contribution < 1.29 is 53.8 Å². The van der Waals surface area contributed by atoms with E-state index in [1.807, 2.05) is 0 Å². The van der Waals surface area contributed by atoms with Crippen LogP contribution < -0.4 is 4.90 Å². The Hall–Kier alpha value is -3.36. The molecule has 15 heteroatoms. The molecule has 1 N–H and O–H groups in total. The predicted molar refractivity (Wildman–Crippen MR) is 148 cm³/mol. The van der Waals surface area contributed by atoms with Gasteiger partial charge in [-0.3, -0.25) is 9.59 Å². The van der Waals surface area contributed by atoms with E-state index >= 15 is 4.39 Å². The molecule has 1 aliphatic carbocycles. The highest BCUT2D eigenvalue weighted by molar-refractivity contribution is 7.92. The first kappa shape index (κ1) is 33.0. The highest BCUT2D eigenvalue weighted by Crippen LogP contribution is 2.57. The molecule has 1 amide bonds. The normalized spacial score (nSPS) is 25.9. The van der Waals surface area contributed by atoms with Crippen LogP contribution in [0.5, 0.6) is 0 Å². The van der Waals surface area contributed by atoms with Crippen LogP contribution in [0.2, 0.25) is 0 Å². The molecule has 0 aromatic heterocycles. The van der Waals surface area contributed by atoms with Crippen LogP contribution in [-0.2, 0) is 29.8 Å². The van der Waals surface area contributed by atoms with Gasteiger partial charge >= 0.3 is 24.0 Å². The van der Waals surface area contributed by atoms with E-state index in [1.54, 1.807) is 13.0 Å². The van der Waals surface area contributed by atoms with Gasteiger partial charge in [-0.1, -0.05) is 30.3 Å². The van der Waals surface area contributed by atoms with Crippen molar-refractivity contribution in [2.45, 2.75) is 72.7 Å². The molecule has 2 unspecified atom stereocenters. The third-order valence-corrected chi connectivity index (χ3v) is 12.2. The fourth-order valence-corrected chi connectivity index (χ4v) is 9.55. The van der Waals surface area contributed by atoms with E-state index in [2.05, 4.69) is 0 Å². The van der Waals surface area contributed by atoms with Crippen molar-refractivity contribution in [1.82, 2.24) is 4.90 Å². The van der Waals surface area contributed by atoms with Gasteiger partial charge in [0, 0.05) is 36.8 Å². The van der Waals surface area contributed by atoms with Crippen molar-refractivity contribution in [3.63, 3.8) is 0 Å². The summed E-state index contributed by atoms with van der Waals surface area (Å²) in [5.74, 6) is -2.54. The number of carbonyl (C=O) groups is 2. The lowest BCUT2D eigenvalue weighted by atomic mass is 9.80. The first-order valence-electron chi connectivity index (χ1n) is 14.5. The fourth-order valence-electron chi connectivity index (χ4n) is 7.23. The first-order chi connectivity index (χ1) is 20.9. The van der Waals surface area contributed by atoms with Crippen molar-refractivity contribution in [2.24, 2.45) is 11.8 Å². The summed E-state index contributed by atoms with van der Waals surface area (Å²) in [4.78, 5) is 28.0. The maximum atomic E-state index is 15.2. The zero-order valence-electron chi connectivity index (χ0n) is 24.0. The fraction of sp³-hybridized carbons (Fsp3) is 0.533. The number of benzene rings is 2. The van der Waals surface area contributed by atoms with E-state index in [1.165, 1.54) is 34.1 Å². The van der Waals surface area contributed by atoms with Gasteiger partial charge in [-0.15, -0.1) is 0 Å². The number of carboxylic acid groups (broad SMARTS) is 1. The lowest BCUT2D eigenvalue weighted by Crippen LogP contribution is -2.59. The zero-order chi connectivity index (χ0) is 33.2. The van der Waals surface area contributed by atoms with E-state index in [4.69, 9.17) is 0 Å². The Morgan fingerprint density at radius 2 is 1.49 bits per heavy atom. The average molecular weight is 665 g/mol. The summed E-state index contributed by atoms with van der Waals surface area (Å²) in [6.45, 7) is 1.22. The number of hydrogen-bond donors (Lipinski definition) is 1. The molecule has 2 aromatic rings. The molecular formula is C30H31F7N2O5S. The van der Waals surface area contributed by atoms with Gasteiger partial charge in [0.15, 0.2) is 9.84 Å². The maximum Gasteiger partial charge on any atom is 0.435 e. The number of likely N-dealkylation sites (N-methyl/N-ethyl adjacent to an activating group) is 1. The Morgan fingerprint density at radius 3 is 2.02 bits per heavy atom. The molecular weight excluding hydrogens is 633 g/mol. The first-order valence-corrected chi connectivity index (χ1v) is 16.0. The number of likely N-dealkylation sites (tertiary alicyclic amines) is 1. The van der Waals surface area contributed by atoms with Crippen molar-refractivity contribution in [2.75, 3.05) is 24.5 Å². The van der Waals surface area contributed by atoms with E-state index < -0.39 is 62.0 Å². The van der Waals surface area contributed by atoms with Crippen LogP contribution in [0.1, 0.15) is 50.2 Å². The number of sulfone groups is 1. The van der Waals surface area contributed by atoms with E-state index in [9.17, 15) is 49.5 Å². The molecule has 45 heavy (non-hydrogen) atoms. The Labute approximate surface area is 254 Å². The average Bonchev–Trinajstić information content (AvgIpc) is 3.40. The molecule has 0 spiro atoms. The number of hydrogen-bond acceptors (Lipinski definition) is 5. The number of amides is 1. The Morgan fingerprint density at radius 1 is 0.911 bits per heavy atom. The van der Waals surface area contributed by atoms with Gasteiger partial charge in [-0.2, -0.15) is 26.3 Å². The number of carbonyl (C=O) groups excluding carboxylic acids is 1. The van der Waals surface area contributed by atoms with Crippen molar-refractivity contribution in [3.05, 3.63) is 59.7 Å². The van der Waals surface area contributed by atoms with Gasteiger partial charge in [-0.25, -0.2) is 12.8 Å². The van der Waals surface area contributed by atoms with E-state index in [0.717, 1.165) is 6.07 Å². The number of anilines is 1. The van der Waals surface area contributed by atoms with E-state index in [0.29, 0.717) is 12.1 Å². The summed E-state index contributed by atoms with van der Waals surface area (Å²) in [7, 11) is -4.46. The van der Waals surface area contributed by atoms with Crippen molar-refractivity contribution in [1.29, 1.82) is 0 Å². The minimum Gasteiger partial charge on any atom is -0.481 e. The summed E-state index contributed by atoms with van der Waals surface area (Å²) < 4.78 is 125. The molecule has 2 aliphatic heterocycles. The number of halogens is 7. The van der Waals surface area contributed by atoms with Gasteiger partial charge in [0.1, 0.15) is 4.75 Å². The van der Waals surface area contributed by atoms with Gasteiger partial charge in [0.05, 0.1) is 16.9 Å². The maximum absolute atomic E-state index is 15.2. The molecule has 7 nitrogen and oxygen atoms in total. The standard InChI is InChI=1S/C30H31F7N2O5S/c1-2-38-17-24-27(45(43,44)21-6-4-3-5-7-21,14-15-39(24)25(40)18-8-10-19(11-9-18)26(41)42)22-13-12-20(16-23(22)38)28(31,29(32,33)34)30(35,36)37/h3-7,12-13,16,18-19,24H,2,8-11,14-15,17H2,1H3,(H,41,42). The second kappa shape index (κ2) is 11.2. The molecule has 0 bridgehead atoms. The smallest absolute Gasteiger partial charge is 0.435 e. The van der Waals surface area contributed by atoms with Crippen LogP contribution in [0.3, 0.4) is 0 Å². The molecule has 5 rings (SSSR count). The summed E-state index contributed by atoms with van der Waals surface area (Å²) in [6, 6.07) is 7.62. The Bertz CT molecular complexity index is 1560. The van der Waals surface area contributed by atoms with Crippen LogP contribution in [0.25, 0.3) is 0 Å². The third kappa shape index (κ3) is 4.96. The number of rotatable bonds is 6. The lowest BCUT2D eigenvalue weighted by molar-refractivity contribution is -0.348. The largest absolute Gasteiger partial charge is 0.481 e. The van der Waals surface area contributed by atoms with Crippen LogP contribution in [0.4, 0.5) is 36.4 Å². The van der Waals surface area contributed by atoms with Crippen LogP contribution in [-0.4, -0.2) is 68.3 Å². The van der Waals surface area contributed by atoms with Crippen LogP contribution in [0, 0.1) is 11.8 Å². The molecule has 3 aliphatic rings. The number of nitrogens with zero attached hydrogens (tertiary/aromatic N) is 2. The number of aliphatic carboxylic acids is 1. The number of carboxylic acids is 1. The molecule has 2 aromatic carbocycles. The SMILES string of the molecule is CCN1CC2N(C(=O)C3CCC(C(=O)O)CC3)CCC2(S(=O)(=O)c2ccccc2)c2ccc(C(F)(C(F)(F)F)C(F)(F)F)cc21. The summed E-state index contributed by atoms with van der Waals surface area (Å²) in [5.41, 5.74) is -7.86. The monoisotopic (exact) mass is 664 g/mol. The summed E-state index contributed by atoms with van der Waals surface area (Å²) in [5, 5.41) is 9.35. The molecule has 246 valence electrons. The van der Waals surface area contributed by atoms with E-state index in [-0.39, 0.29) is 73.8 Å².